The van der Waals surface area contributed by atoms with E-state index in [0.717, 1.165) is 0 Å². The van der Waals surface area contributed by atoms with Gasteiger partial charge in [0.25, 0.3) is 5.91 Å². The van der Waals surface area contributed by atoms with Crippen LogP contribution < -0.4 is 20.1 Å². The van der Waals surface area contributed by atoms with Gasteiger partial charge in [-0.25, -0.2) is 17.6 Å². The van der Waals surface area contributed by atoms with Gasteiger partial charge in [-0.3, -0.25) is 4.79 Å². The molecular weight excluding hydrogens is 579 g/mol. The third-order valence-corrected chi connectivity index (χ3v) is 9.08. The molecule has 0 aliphatic carbocycles. The minimum absolute atomic E-state index is 0.0590. The van der Waals surface area contributed by atoms with Gasteiger partial charge in [0, 0.05) is 25.2 Å². The van der Waals surface area contributed by atoms with E-state index in [4.69, 9.17) is 9.47 Å². The molecular formula is C30H35FN4O7S. The molecule has 0 spiro atoms. The first kappa shape index (κ1) is 31.7. The number of aliphatic hydroxyl groups excluding tert-OH is 1. The minimum atomic E-state index is -3.93. The number of hydrogen-bond donors (Lipinski definition) is 3. The zero-order valence-corrected chi connectivity index (χ0v) is 25.1. The maximum absolute atomic E-state index is 13.7. The molecule has 3 atom stereocenters. The van der Waals surface area contributed by atoms with Gasteiger partial charge in [-0.15, -0.1) is 0 Å². The van der Waals surface area contributed by atoms with Crippen molar-refractivity contribution >= 4 is 33.3 Å². The van der Waals surface area contributed by atoms with Crippen LogP contribution in [0.3, 0.4) is 0 Å². The zero-order valence-electron chi connectivity index (χ0n) is 24.3. The van der Waals surface area contributed by atoms with Crippen molar-refractivity contribution in [1.29, 1.82) is 0 Å². The van der Waals surface area contributed by atoms with E-state index in [9.17, 15) is 27.5 Å². The predicted octanol–water partition coefficient (Wildman–Crippen LogP) is 4.02. The Morgan fingerprint density at radius 2 is 1.81 bits per heavy atom. The van der Waals surface area contributed by atoms with E-state index in [2.05, 4.69) is 10.6 Å². The average Bonchev–Trinajstić information content (AvgIpc) is 2.99. The second kappa shape index (κ2) is 13.4. The fourth-order valence-corrected chi connectivity index (χ4v) is 5.84. The molecule has 1 aliphatic heterocycles. The van der Waals surface area contributed by atoms with Crippen LogP contribution in [0.25, 0.3) is 0 Å². The lowest BCUT2D eigenvalue weighted by Crippen LogP contribution is -2.50. The first-order chi connectivity index (χ1) is 20.4. The lowest BCUT2D eigenvalue weighted by Gasteiger charge is -2.38. The fourth-order valence-electron chi connectivity index (χ4n) is 4.66. The molecule has 0 fully saturated rings. The number of fused-ring (bicyclic) bond motifs is 1. The quantitative estimate of drug-likeness (QED) is 0.331. The van der Waals surface area contributed by atoms with E-state index < -0.39 is 39.9 Å². The second-order valence-electron chi connectivity index (χ2n) is 10.4. The van der Waals surface area contributed by atoms with Crippen LogP contribution >= 0.6 is 0 Å². The number of halogens is 1. The number of nitrogens with zero attached hydrogens (tertiary/aromatic N) is 2. The van der Waals surface area contributed by atoms with Crippen LogP contribution in [-0.2, 0) is 10.0 Å². The molecule has 1 aliphatic rings. The molecule has 0 saturated heterocycles. The van der Waals surface area contributed by atoms with E-state index in [0.29, 0.717) is 11.4 Å². The summed E-state index contributed by atoms with van der Waals surface area (Å²) in [7, 11) is -0.999. The summed E-state index contributed by atoms with van der Waals surface area (Å²) < 4.78 is 52.9. The summed E-state index contributed by atoms with van der Waals surface area (Å²) in [6, 6.07) is 14.7. The number of ether oxygens (including phenoxy) is 2. The first-order valence-corrected chi connectivity index (χ1v) is 15.0. The molecule has 0 bridgehead atoms. The van der Waals surface area contributed by atoms with Gasteiger partial charge >= 0.3 is 6.03 Å². The summed E-state index contributed by atoms with van der Waals surface area (Å²) in [5, 5.41) is 15.2. The van der Waals surface area contributed by atoms with Gasteiger partial charge in [0.1, 0.15) is 17.7 Å². The number of rotatable bonds is 9. The zero-order chi connectivity index (χ0) is 31.3. The van der Waals surface area contributed by atoms with Crippen molar-refractivity contribution in [2.45, 2.75) is 30.9 Å². The number of urea groups is 1. The van der Waals surface area contributed by atoms with Gasteiger partial charge < -0.3 is 30.1 Å². The molecule has 0 aromatic heterocycles. The van der Waals surface area contributed by atoms with E-state index in [-0.39, 0.29) is 47.5 Å². The highest BCUT2D eigenvalue weighted by Crippen LogP contribution is 2.35. The molecule has 4 rings (SSSR count). The molecule has 3 N–H and O–H groups in total. The molecule has 1 heterocycles. The van der Waals surface area contributed by atoms with Crippen LogP contribution in [0.1, 0.15) is 24.2 Å². The summed E-state index contributed by atoms with van der Waals surface area (Å²) >= 11 is 0. The number of amides is 3. The Balaban J connectivity index is 1.67. The van der Waals surface area contributed by atoms with Crippen LogP contribution in [0.2, 0.25) is 0 Å². The van der Waals surface area contributed by atoms with Crippen molar-refractivity contribution in [3.05, 3.63) is 78.1 Å². The Bertz CT molecular complexity index is 1550. The summed E-state index contributed by atoms with van der Waals surface area (Å²) in [6.07, 6.45) is -0.763. The molecule has 3 aromatic carbocycles. The molecule has 0 saturated carbocycles. The number of sulfonamides is 1. The Kier molecular flexibility index (Phi) is 9.89. The number of carbonyl (C=O) groups excluding carboxylic acids is 2. The number of methoxy groups -OCH3 is 1. The SMILES string of the molecule is COc1ccc(S(=O)(=O)N(C)C[C@H]2Oc3c(NC(=O)Nc4ccc(F)cc4)cccc3C(=O)N([C@@H](C)CO)C[C@H]2C)cc1. The maximum atomic E-state index is 13.7. The van der Waals surface area contributed by atoms with E-state index >= 15 is 0 Å². The Hall–Kier alpha value is -4.20. The van der Waals surface area contributed by atoms with Crippen LogP contribution in [0.4, 0.5) is 20.6 Å². The second-order valence-corrected chi connectivity index (χ2v) is 12.4. The van der Waals surface area contributed by atoms with Gasteiger partial charge in [0.05, 0.1) is 42.4 Å². The number of para-hydroxylation sites is 1. The molecule has 0 unspecified atom stereocenters. The standard InChI is InChI=1S/C30H35FN4O7S/c1-19-16-35(20(2)18-36)29(37)25-6-5-7-26(33-30(38)32-22-10-8-21(31)9-11-22)28(25)42-27(19)17-34(3)43(39,40)24-14-12-23(41-4)13-15-24/h5-15,19-20,27,36H,16-18H2,1-4H3,(H2,32,33,38)/t19-,20+,27-/m1/s1. The summed E-state index contributed by atoms with van der Waals surface area (Å²) in [6.45, 7) is 3.35. The summed E-state index contributed by atoms with van der Waals surface area (Å²) in [5.41, 5.74) is 0.647. The number of benzene rings is 3. The molecule has 3 amide bonds. The number of hydrogen-bond acceptors (Lipinski definition) is 7. The number of nitrogens with one attached hydrogen (secondary N) is 2. The molecule has 43 heavy (non-hydrogen) atoms. The number of anilines is 2. The van der Waals surface area contributed by atoms with Crippen molar-refractivity contribution in [2.24, 2.45) is 5.92 Å². The lowest BCUT2D eigenvalue weighted by atomic mass is 9.99. The Morgan fingerprint density at radius 3 is 2.44 bits per heavy atom. The van der Waals surface area contributed by atoms with Gasteiger partial charge in [-0.05, 0) is 67.6 Å². The van der Waals surface area contributed by atoms with E-state index in [1.54, 1.807) is 37.3 Å². The highest BCUT2D eigenvalue weighted by Gasteiger charge is 2.36. The lowest BCUT2D eigenvalue weighted by molar-refractivity contribution is 0.0389. The van der Waals surface area contributed by atoms with E-state index in [1.807, 2.05) is 6.92 Å². The van der Waals surface area contributed by atoms with Crippen molar-refractivity contribution in [3.63, 3.8) is 0 Å². The monoisotopic (exact) mass is 614 g/mol. The first-order valence-electron chi connectivity index (χ1n) is 13.6. The normalized spacial score (nSPS) is 17.7. The van der Waals surface area contributed by atoms with Crippen LogP contribution in [0.15, 0.2) is 71.6 Å². The van der Waals surface area contributed by atoms with Gasteiger partial charge in [-0.1, -0.05) is 13.0 Å². The number of aliphatic hydroxyl groups is 1. The van der Waals surface area contributed by atoms with E-state index in [1.165, 1.54) is 59.8 Å². The maximum Gasteiger partial charge on any atom is 0.323 e. The summed E-state index contributed by atoms with van der Waals surface area (Å²) in [4.78, 5) is 28.1. The molecule has 11 nitrogen and oxygen atoms in total. The number of carbonyl (C=O) groups is 2. The topological polar surface area (TPSA) is 138 Å². The van der Waals surface area contributed by atoms with Gasteiger partial charge in [0.2, 0.25) is 10.0 Å². The minimum Gasteiger partial charge on any atom is -0.497 e. The molecule has 13 heteroatoms. The van der Waals surface area contributed by atoms with Crippen LogP contribution in [-0.4, -0.2) is 80.7 Å². The van der Waals surface area contributed by atoms with Gasteiger partial charge in [-0.2, -0.15) is 4.31 Å². The molecule has 3 aromatic rings. The van der Waals surface area contributed by atoms with Crippen LogP contribution in [0, 0.1) is 11.7 Å². The van der Waals surface area contributed by atoms with Crippen molar-refractivity contribution in [3.8, 4) is 11.5 Å². The summed E-state index contributed by atoms with van der Waals surface area (Å²) in [5.74, 6) is -0.683. The third kappa shape index (κ3) is 7.24. The van der Waals surface area contributed by atoms with Crippen molar-refractivity contribution in [1.82, 2.24) is 9.21 Å². The van der Waals surface area contributed by atoms with Gasteiger partial charge in [0.15, 0.2) is 5.75 Å². The third-order valence-electron chi connectivity index (χ3n) is 7.25. The van der Waals surface area contributed by atoms with Crippen molar-refractivity contribution < 1.29 is 37.0 Å². The molecule has 0 radical (unpaired) electrons. The predicted molar refractivity (Wildman–Crippen MR) is 159 cm³/mol. The number of likely N-dealkylation sites (N-methyl/N-ethyl adjacent to an activating group) is 1. The largest absolute Gasteiger partial charge is 0.497 e. The smallest absolute Gasteiger partial charge is 0.323 e. The highest BCUT2D eigenvalue weighted by molar-refractivity contribution is 7.89. The Labute approximate surface area is 250 Å². The van der Waals surface area contributed by atoms with Crippen LogP contribution in [0.5, 0.6) is 11.5 Å². The molecule has 230 valence electrons. The highest BCUT2D eigenvalue weighted by atomic mass is 32.2. The van der Waals surface area contributed by atoms with Crippen molar-refractivity contribution in [2.75, 3.05) is 44.5 Å². The Morgan fingerprint density at radius 1 is 1.14 bits per heavy atom. The fraction of sp³-hybridized carbons (Fsp3) is 0.333. The average molecular weight is 615 g/mol.